The van der Waals surface area contributed by atoms with Crippen LogP contribution in [-0.2, 0) is 4.79 Å². The van der Waals surface area contributed by atoms with Gasteiger partial charge in [-0.05, 0) is 12.1 Å². The quantitative estimate of drug-likeness (QED) is 0.834. The lowest BCUT2D eigenvalue weighted by Gasteiger charge is -1.95. The topological polar surface area (TPSA) is 56.0 Å². The van der Waals surface area contributed by atoms with Crippen molar-refractivity contribution in [3.63, 3.8) is 0 Å². The molecule has 3 nitrogen and oxygen atoms in total. The summed E-state index contributed by atoms with van der Waals surface area (Å²) in [5.74, 6) is -1.01. The summed E-state index contributed by atoms with van der Waals surface area (Å²) in [6.45, 7) is 0. The van der Waals surface area contributed by atoms with Gasteiger partial charge < -0.3 is 5.73 Å². The predicted octanol–water partition coefficient (Wildman–Crippen LogP) is 1.76. The van der Waals surface area contributed by atoms with Crippen LogP contribution >= 0.6 is 11.6 Å². The number of hydrogen-bond donors (Lipinski definition) is 1. The Morgan fingerprint density at radius 2 is 2.43 bits per heavy atom. The van der Waals surface area contributed by atoms with Crippen molar-refractivity contribution in [2.75, 3.05) is 0 Å². The first-order chi connectivity index (χ1) is 6.59. The van der Waals surface area contributed by atoms with Crippen molar-refractivity contribution in [1.82, 2.24) is 4.98 Å². The second kappa shape index (κ2) is 4.72. The van der Waals surface area contributed by atoms with Crippen LogP contribution in [0.3, 0.4) is 0 Å². The molecule has 74 valence electrons. The second-order valence-electron chi connectivity index (χ2n) is 2.59. The number of aromatic nitrogens is 1. The van der Waals surface area contributed by atoms with Gasteiger partial charge >= 0.3 is 0 Å². The Balaban J connectivity index is 2.76. The third-order valence-electron chi connectivity index (χ3n) is 1.43. The first-order valence-electron chi connectivity index (χ1n) is 3.85. The van der Waals surface area contributed by atoms with Gasteiger partial charge in [-0.2, -0.15) is 0 Å². The number of amides is 1. The number of carbonyl (C=O) groups excluding carboxylic acids is 1. The highest BCUT2D eigenvalue weighted by molar-refractivity contribution is 6.30. The molecule has 0 spiro atoms. The van der Waals surface area contributed by atoms with Crippen LogP contribution in [0.25, 0.3) is 6.08 Å². The highest BCUT2D eigenvalue weighted by Gasteiger charge is 2.00. The Hall–Kier alpha value is -1.42. The average Bonchev–Trinajstić information content (AvgIpc) is 2.08. The molecule has 14 heavy (non-hydrogen) atoms. The van der Waals surface area contributed by atoms with Crippen LogP contribution in [0.2, 0.25) is 5.02 Å². The molecule has 0 aliphatic carbocycles. The molecule has 0 radical (unpaired) electrons. The Labute approximate surface area is 85.4 Å². The Morgan fingerprint density at radius 1 is 1.71 bits per heavy atom. The third kappa shape index (κ3) is 3.14. The SMILES string of the molecule is NC(=O)CC=Cc1ncc(Cl)cc1F. The molecule has 1 aromatic heterocycles. The zero-order chi connectivity index (χ0) is 10.6. The number of nitrogens with two attached hydrogens (primary N) is 1. The minimum atomic E-state index is -0.529. The number of carbonyl (C=O) groups is 1. The molecule has 5 heteroatoms. The Morgan fingerprint density at radius 3 is 3.00 bits per heavy atom. The monoisotopic (exact) mass is 214 g/mol. The smallest absolute Gasteiger partial charge is 0.221 e. The summed E-state index contributed by atoms with van der Waals surface area (Å²) >= 11 is 5.50. The summed E-state index contributed by atoms with van der Waals surface area (Å²) in [4.78, 5) is 14.1. The molecular formula is C9H8ClFN2O. The van der Waals surface area contributed by atoms with Crippen molar-refractivity contribution < 1.29 is 9.18 Å². The summed E-state index contributed by atoms with van der Waals surface area (Å²) in [6, 6.07) is 1.15. The molecule has 1 rings (SSSR count). The maximum atomic E-state index is 13.1. The maximum Gasteiger partial charge on any atom is 0.221 e. The fourth-order valence-corrected chi connectivity index (χ4v) is 0.979. The van der Waals surface area contributed by atoms with E-state index < -0.39 is 11.7 Å². The molecule has 0 aromatic carbocycles. The minimum absolute atomic E-state index is 0.0593. The molecule has 0 bridgehead atoms. The van der Waals surface area contributed by atoms with E-state index in [4.69, 9.17) is 17.3 Å². The van der Waals surface area contributed by atoms with Crippen LogP contribution in [0.15, 0.2) is 18.3 Å². The van der Waals surface area contributed by atoms with Gasteiger partial charge in [-0.3, -0.25) is 9.78 Å². The van der Waals surface area contributed by atoms with E-state index in [1.807, 2.05) is 0 Å². The maximum absolute atomic E-state index is 13.1. The molecule has 0 atom stereocenters. The first kappa shape index (κ1) is 10.7. The second-order valence-corrected chi connectivity index (χ2v) is 3.03. The lowest BCUT2D eigenvalue weighted by atomic mass is 10.3. The van der Waals surface area contributed by atoms with Gasteiger partial charge in [0, 0.05) is 12.6 Å². The van der Waals surface area contributed by atoms with E-state index in [-0.39, 0.29) is 17.1 Å². The lowest BCUT2D eigenvalue weighted by molar-refractivity contribution is -0.117. The van der Waals surface area contributed by atoms with Crippen molar-refractivity contribution in [3.05, 3.63) is 34.9 Å². The Bertz CT molecular complexity index is 379. The van der Waals surface area contributed by atoms with Gasteiger partial charge in [-0.1, -0.05) is 17.7 Å². The van der Waals surface area contributed by atoms with E-state index in [0.717, 1.165) is 6.07 Å². The molecule has 0 saturated carbocycles. The van der Waals surface area contributed by atoms with Crippen molar-refractivity contribution >= 4 is 23.6 Å². The summed E-state index contributed by atoms with van der Waals surface area (Å²) in [7, 11) is 0. The molecule has 1 amide bonds. The number of halogens is 2. The molecule has 0 unspecified atom stereocenters. The Kier molecular flexibility index (Phi) is 3.59. The zero-order valence-corrected chi connectivity index (χ0v) is 7.96. The normalized spacial score (nSPS) is 10.7. The molecule has 0 saturated heterocycles. The van der Waals surface area contributed by atoms with Crippen LogP contribution in [0.5, 0.6) is 0 Å². The van der Waals surface area contributed by atoms with E-state index in [2.05, 4.69) is 4.98 Å². The van der Waals surface area contributed by atoms with Gasteiger partial charge in [0.2, 0.25) is 5.91 Å². The van der Waals surface area contributed by atoms with E-state index in [9.17, 15) is 9.18 Å². The van der Waals surface area contributed by atoms with Crippen LogP contribution in [0, 0.1) is 5.82 Å². The molecular weight excluding hydrogens is 207 g/mol. The van der Waals surface area contributed by atoms with Gasteiger partial charge in [0.05, 0.1) is 10.7 Å². The van der Waals surface area contributed by atoms with Crippen molar-refractivity contribution in [2.45, 2.75) is 6.42 Å². The highest BCUT2D eigenvalue weighted by Crippen LogP contribution is 2.12. The number of rotatable bonds is 3. The molecule has 1 heterocycles. The lowest BCUT2D eigenvalue weighted by Crippen LogP contribution is -2.07. The molecule has 2 N–H and O–H groups in total. The summed E-state index contributed by atoms with van der Waals surface area (Å²) in [6.07, 6.45) is 4.22. The number of nitrogens with zero attached hydrogens (tertiary/aromatic N) is 1. The van der Waals surface area contributed by atoms with Crippen molar-refractivity contribution in [2.24, 2.45) is 5.73 Å². The van der Waals surface area contributed by atoms with Crippen LogP contribution in [0.4, 0.5) is 4.39 Å². The van der Waals surface area contributed by atoms with Crippen molar-refractivity contribution in [1.29, 1.82) is 0 Å². The summed E-state index contributed by atoms with van der Waals surface area (Å²) < 4.78 is 13.1. The average molecular weight is 215 g/mol. The van der Waals surface area contributed by atoms with Gasteiger partial charge in [-0.25, -0.2) is 4.39 Å². The molecule has 0 aliphatic heterocycles. The van der Waals surface area contributed by atoms with E-state index >= 15 is 0 Å². The molecule has 1 aromatic rings. The predicted molar refractivity (Wildman–Crippen MR) is 52.1 cm³/mol. The molecule has 0 fully saturated rings. The third-order valence-corrected chi connectivity index (χ3v) is 1.64. The van der Waals surface area contributed by atoms with E-state index in [0.29, 0.717) is 0 Å². The minimum Gasteiger partial charge on any atom is -0.369 e. The molecule has 0 aliphatic rings. The van der Waals surface area contributed by atoms with Crippen molar-refractivity contribution in [3.8, 4) is 0 Å². The zero-order valence-electron chi connectivity index (χ0n) is 7.21. The fraction of sp³-hybridized carbons (Fsp3) is 0.111. The first-order valence-corrected chi connectivity index (χ1v) is 4.23. The fourth-order valence-electron chi connectivity index (χ4n) is 0.834. The van der Waals surface area contributed by atoms with Crippen LogP contribution < -0.4 is 5.73 Å². The van der Waals surface area contributed by atoms with Gasteiger partial charge in [0.25, 0.3) is 0 Å². The number of pyridine rings is 1. The van der Waals surface area contributed by atoms with Crippen LogP contribution in [0.1, 0.15) is 12.1 Å². The van der Waals surface area contributed by atoms with Gasteiger partial charge in [0.1, 0.15) is 5.82 Å². The van der Waals surface area contributed by atoms with Gasteiger partial charge in [0.15, 0.2) is 0 Å². The standard InChI is InChI=1S/C9H8ClFN2O/c10-6-4-7(11)8(13-5-6)2-1-3-9(12)14/h1-2,4-5H,3H2,(H2,12,14). The van der Waals surface area contributed by atoms with Crippen LogP contribution in [-0.4, -0.2) is 10.9 Å². The van der Waals surface area contributed by atoms with E-state index in [1.165, 1.54) is 18.3 Å². The largest absolute Gasteiger partial charge is 0.369 e. The van der Waals surface area contributed by atoms with Gasteiger partial charge in [-0.15, -0.1) is 0 Å². The van der Waals surface area contributed by atoms with E-state index in [1.54, 1.807) is 0 Å². The summed E-state index contributed by atoms with van der Waals surface area (Å²) in [5, 5.41) is 0.231. The highest BCUT2D eigenvalue weighted by atomic mass is 35.5. The number of hydrogen-bond acceptors (Lipinski definition) is 2. The number of primary amides is 1. The summed E-state index contributed by atoms with van der Waals surface area (Å²) in [5.41, 5.74) is 5.03.